The summed E-state index contributed by atoms with van der Waals surface area (Å²) in [6.07, 6.45) is 3.25. The van der Waals surface area contributed by atoms with Crippen molar-refractivity contribution in [2.75, 3.05) is 7.05 Å². The summed E-state index contributed by atoms with van der Waals surface area (Å²) >= 11 is 0. The standard InChI is InChI=1S/C17H17NO3S/c1-13-5-3-4-6-14(13)9-12-17(19)15-7-10-16(11-8-15)22(20,21)18-2/h3-12,18H,1-2H3/b12-9+. The molecule has 4 nitrogen and oxygen atoms in total. The number of rotatable bonds is 5. The van der Waals surface area contributed by atoms with Crippen LogP contribution in [0.2, 0.25) is 0 Å². The quantitative estimate of drug-likeness (QED) is 0.681. The van der Waals surface area contributed by atoms with Gasteiger partial charge in [-0.3, -0.25) is 4.79 Å². The van der Waals surface area contributed by atoms with E-state index in [1.807, 2.05) is 31.2 Å². The highest BCUT2D eigenvalue weighted by molar-refractivity contribution is 7.89. The Hall–Kier alpha value is -2.24. The first kappa shape index (κ1) is 16.1. The lowest BCUT2D eigenvalue weighted by atomic mass is 10.1. The summed E-state index contributed by atoms with van der Waals surface area (Å²) in [6.45, 7) is 1.97. The molecule has 114 valence electrons. The van der Waals surface area contributed by atoms with Gasteiger partial charge in [-0.1, -0.05) is 30.3 Å². The first-order valence-corrected chi connectivity index (χ1v) is 8.24. The lowest BCUT2D eigenvalue weighted by Crippen LogP contribution is -2.18. The Morgan fingerprint density at radius 2 is 1.68 bits per heavy atom. The van der Waals surface area contributed by atoms with Gasteiger partial charge >= 0.3 is 0 Å². The summed E-state index contributed by atoms with van der Waals surface area (Å²) in [5, 5.41) is 0. The fourth-order valence-corrected chi connectivity index (χ4v) is 2.68. The van der Waals surface area contributed by atoms with E-state index in [0.717, 1.165) is 11.1 Å². The molecule has 0 bridgehead atoms. The zero-order chi connectivity index (χ0) is 16.2. The Kier molecular flexibility index (Phi) is 4.90. The molecular formula is C17H17NO3S. The van der Waals surface area contributed by atoms with Crippen LogP contribution in [0.15, 0.2) is 59.5 Å². The predicted octanol–water partition coefficient (Wildman–Crippen LogP) is 2.80. The molecular weight excluding hydrogens is 298 g/mol. The van der Waals surface area contributed by atoms with Gasteiger partial charge in [0, 0.05) is 5.56 Å². The van der Waals surface area contributed by atoms with Gasteiger partial charge in [-0.15, -0.1) is 0 Å². The van der Waals surface area contributed by atoms with Crippen LogP contribution in [-0.4, -0.2) is 21.2 Å². The molecule has 0 saturated heterocycles. The molecule has 0 aliphatic rings. The lowest BCUT2D eigenvalue weighted by Gasteiger charge is -2.03. The average Bonchev–Trinajstić information content (AvgIpc) is 2.54. The molecule has 0 fully saturated rings. The molecule has 0 heterocycles. The van der Waals surface area contributed by atoms with Crippen molar-refractivity contribution < 1.29 is 13.2 Å². The molecule has 2 aromatic carbocycles. The number of hydrogen-bond acceptors (Lipinski definition) is 3. The zero-order valence-electron chi connectivity index (χ0n) is 12.4. The maximum Gasteiger partial charge on any atom is 0.240 e. The molecule has 22 heavy (non-hydrogen) atoms. The van der Waals surface area contributed by atoms with E-state index in [1.165, 1.54) is 37.4 Å². The van der Waals surface area contributed by atoms with Gasteiger partial charge in [0.2, 0.25) is 10.0 Å². The van der Waals surface area contributed by atoms with E-state index in [9.17, 15) is 13.2 Å². The minimum Gasteiger partial charge on any atom is -0.289 e. The van der Waals surface area contributed by atoms with Crippen LogP contribution in [0.5, 0.6) is 0 Å². The van der Waals surface area contributed by atoms with Gasteiger partial charge in [-0.2, -0.15) is 0 Å². The van der Waals surface area contributed by atoms with Crippen LogP contribution >= 0.6 is 0 Å². The van der Waals surface area contributed by atoms with Crippen molar-refractivity contribution in [1.82, 2.24) is 4.72 Å². The van der Waals surface area contributed by atoms with Crippen LogP contribution in [-0.2, 0) is 10.0 Å². The van der Waals surface area contributed by atoms with E-state index in [0.29, 0.717) is 5.56 Å². The summed E-state index contributed by atoms with van der Waals surface area (Å²) in [4.78, 5) is 12.2. The first-order valence-electron chi connectivity index (χ1n) is 6.76. The summed E-state index contributed by atoms with van der Waals surface area (Å²) in [5.74, 6) is -0.170. The minimum absolute atomic E-state index is 0.134. The molecule has 1 N–H and O–H groups in total. The fourth-order valence-electron chi connectivity index (χ4n) is 1.95. The Morgan fingerprint density at radius 3 is 2.27 bits per heavy atom. The molecule has 0 radical (unpaired) electrons. The van der Waals surface area contributed by atoms with E-state index >= 15 is 0 Å². The number of sulfonamides is 1. The zero-order valence-corrected chi connectivity index (χ0v) is 13.2. The van der Waals surface area contributed by atoms with Gasteiger partial charge < -0.3 is 0 Å². The van der Waals surface area contributed by atoms with Crippen molar-refractivity contribution in [2.45, 2.75) is 11.8 Å². The number of benzene rings is 2. The molecule has 0 amide bonds. The van der Waals surface area contributed by atoms with E-state index in [4.69, 9.17) is 0 Å². The molecule has 2 aromatic rings. The maximum absolute atomic E-state index is 12.1. The van der Waals surface area contributed by atoms with E-state index in [2.05, 4.69) is 4.72 Å². The third-order valence-electron chi connectivity index (χ3n) is 3.32. The van der Waals surface area contributed by atoms with Crippen molar-refractivity contribution in [1.29, 1.82) is 0 Å². The average molecular weight is 315 g/mol. The third-order valence-corrected chi connectivity index (χ3v) is 4.75. The molecule has 0 atom stereocenters. The minimum atomic E-state index is -3.48. The van der Waals surface area contributed by atoms with Crippen molar-refractivity contribution >= 4 is 21.9 Å². The number of allylic oxidation sites excluding steroid dienone is 1. The monoisotopic (exact) mass is 315 g/mol. The van der Waals surface area contributed by atoms with Crippen LogP contribution < -0.4 is 4.72 Å². The van der Waals surface area contributed by atoms with Crippen LogP contribution in [0.3, 0.4) is 0 Å². The van der Waals surface area contributed by atoms with Crippen LogP contribution in [0.25, 0.3) is 6.08 Å². The van der Waals surface area contributed by atoms with Gasteiger partial charge in [0.15, 0.2) is 5.78 Å². The number of nitrogens with one attached hydrogen (secondary N) is 1. The molecule has 0 spiro atoms. The number of ketones is 1. The summed E-state index contributed by atoms with van der Waals surface area (Å²) in [6, 6.07) is 13.6. The smallest absolute Gasteiger partial charge is 0.240 e. The second kappa shape index (κ2) is 6.68. The van der Waals surface area contributed by atoms with E-state index in [-0.39, 0.29) is 10.7 Å². The third kappa shape index (κ3) is 3.69. The summed E-state index contributed by atoms with van der Waals surface area (Å²) in [7, 11) is -2.13. The largest absolute Gasteiger partial charge is 0.289 e. The van der Waals surface area contributed by atoms with Gasteiger partial charge in [-0.25, -0.2) is 13.1 Å². The maximum atomic E-state index is 12.1. The highest BCUT2D eigenvalue weighted by Gasteiger charge is 2.11. The van der Waals surface area contributed by atoms with Crippen molar-refractivity contribution in [3.63, 3.8) is 0 Å². The first-order chi connectivity index (χ1) is 10.4. The number of aryl methyl sites for hydroxylation is 1. The topological polar surface area (TPSA) is 63.2 Å². The molecule has 0 unspecified atom stereocenters. The van der Waals surface area contributed by atoms with Crippen molar-refractivity contribution in [2.24, 2.45) is 0 Å². The van der Waals surface area contributed by atoms with Crippen molar-refractivity contribution in [3.8, 4) is 0 Å². The summed E-state index contributed by atoms with van der Waals surface area (Å²) in [5.41, 5.74) is 2.51. The van der Waals surface area contributed by atoms with Gasteiger partial charge in [0.25, 0.3) is 0 Å². The molecule has 0 saturated carbocycles. The highest BCUT2D eigenvalue weighted by atomic mass is 32.2. The Bertz CT molecular complexity index is 806. The molecule has 2 rings (SSSR count). The van der Waals surface area contributed by atoms with Crippen LogP contribution in [0.1, 0.15) is 21.5 Å². The number of carbonyl (C=O) groups excluding carboxylic acids is 1. The normalized spacial score (nSPS) is 11.7. The molecule has 0 aliphatic carbocycles. The van der Waals surface area contributed by atoms with E-state index in [1.54, 1.807) is 6.08 Å². The predicted molar refractivity (Wildman–Crippen MR) is 87.2 cm³/mol. The second-order valence-electron chi connectivity index (χ2n) is 4.79. The van der Waals surface area contributed by atoms with Crippen LogP contribution in [0.4, 0.5) is 0 Å². The van der Waals surface area contributed by atoms with Gasteiger partial charge in [0.05, 0.1) is 4.90 Å². The number of carbonyl (C=O) groups is 1. The summed E-state index contributed by atoms with van der Waals surface area (Å²) < 4.78 is 25.5. The SMILES string of the molecule is CNS(=O)(=O)c1ccc(C(=O)/C=C/c2ccccc2C)cc1. The highest BCUT2D eigenvalue weighted by Crippen LogP contribution is 2.13. The van der Waals surface area contributed by atoms with Gasteiger partial charge in [0.1, 0.15) is 0 Å². The molecule has 0 aromatic heterocycles. The Balaban J connectivity index is 2.19. The lowest BCUT2D eigenvalue weighted by molar-refractivity contribution is 0.104. The molecule has 5 heteroatoms. The Labute approximate surface area is 130 Å². The van der Waals surface area contributed by atoms with Crippen molar-refractivity contribution in [3.05, 3.63) is 71.3 Å². The fraction of sp³-hybridized carbons (Fsp3) is 0.118. The van der Waals surface area contributed by atoms with E-state index < -0.39 is 10.0 Å². The second-order valence-corrected chi connectivity index (χ2v) is 6.67. The molecule has 0 aliphatic heterocycles. The van der Waals surface area contributed by atoms with Gasteiger partial charge in [-0.05, 0) is 55.4 Å². The van der Waals surface area contributed by atoms with Crippen LogP contribution in [0, 0.1) is 6.92 Å². The Morgan fingerprint density at radius 1 is 1.05 bits per heavy atom. The number of hydrogen-bond donors (Lipinski definition) is 1.